The van der Waals surface area contributed by atoms with Gasteiger partial charge in [-0.1, -0.05) is 44.0 Å². The third kappa shape index (κ3) is 2.55. The van der Waals surface area contributed by atoms with Crippen molar-refractivity contribution in [1.82, 2.24) is 0 Å². The number of alkyl halides is 1. The molecular formula is C14H19Cl. The minimum Gasteiger partial charge on any atom is -0.122 e. The van der Waals surface area contributed by atoms with Gasteiger partial charge in [-0.3, -0.25) is 0 Å². The molecule has 1 fully saturated rings. The Balaban J connectivity index is 2.19. The van der Waals surface area contributed by atoms with Gasteiger partial charge in [-0.2, -0.15) is 0 Å². The first-order chi connectivity index (χ1) is 7.31. The van der Waals surface area contributed by atoms with E-state index in [0.29, 0.717) is 11.3 Å². The van der Waals surface area contributed by atoms with E-state index in [2.05, 4.69) is 31.2 Å². The van der Waals surface area contributed by atoms with Crippen molar-refractivity contribution in [3.63, 3.8) is 0 Å². The van der Waals surface area contributed by atoms with Gasteiger partial charge in [0, 0.05) is 11.3 Å². The highest BCUT2D eigenvalue weighted by Gasteiger charge is 2.24. The molecule has 1 heteroatoms. The van der Waals surface area contributed by atoms with E-state index in [1.807, 2.05) is 0 Å². The molecule has 0 nitrogen and oxygen atoms in total. The summed E-state index contributed by atoms with van der Waals surface area (Å²) >= 11 is 6.41. The van der Waals surface area contributed by atoms with Crippen LogP contribution in [0.25, 0.3) is 0 Å². The zero-order chi connectivity index (χ0) is 10.7. The van der Waals surface area contributed by atoms with Crippen LogP contribution in [-0.2, 0) is 6.42 Å². The van der Waals surface area contributed by atoms with Gasteiger partial charge in [0.25, 0.3) is 0 Å². The second kappa shape index (κ2) is 5.03. The smallest absolute Gasteiger partial charge is 0.0404 e. The molecule has 2 unspecified atom stereocenters. The van der Waals surface area contributed by atoms with Crippen molar-refractivity contribution in [2.45, 2.75) is 50.3 Å². The highest BCUT2D eigenvalue weighted by molar-refractivity contribution is 6.21. The molecule has 0 bridgehead atoms. The highest BCUT2D eigenvalue weighted by Crippen LogP contribution is 2.36. The van der Waals surface area contributed by atoms with Gasteiger partial charge < -0.3 is 0 Å². The fourth-order valence-corrected chi connectivity index (χ4v) is 2.93. The van der Waals surface area contributed by atoms with Crippen LogP contribution >= 0.6 is 11.6 Å². The summed E-state index contributed by atoms with van der Waals surface area (Å²) in [7, 11) is 0. The Bertz CT molecular complexity index is 319. The van der Waals surface area contributed by atoms with Crippen molar-refractivity contribution < 1.29 is 0 Å². The van der Waals surface area contributed by atoms with Crippen LogP contribution < -0.4 is 0 Å². The maximum atomic E-state index is 6.41. The maximum absolute atomic E-state index is 6.41. The molecular weight excluding hydrogens is 204 g/mol. The minimum atomic E-state index is 0.353. The van der Waals surface area contributed by atoms with Crippen LogP contribution in [0.3, 0.4) is 0 Å². The quantitative estimate of drug-likeness (QED) is 0.646. The normalized spacial score (nSPS) is 26.5. The van der Waals surface area contributed by atoms with E-state index in [4.69, 9.17) is 11.6 Å². The lowest BCUT2D eigenvalue weighted by molar-refractivity contribution is 0.450. The van der Waals surface area contributed by atoms with Crippen molar-refractivity contribution in [3.8, 4) is 0 Å². The monoisotopic (exact) mass is 222 g/mol. The van der Waals surface area contributed by atoms with E-state index in [0.717, 1.165) is 6.42 Å². The van der Waals surface area contributed by atoms with E-state index < -0.39 is 0 Å². The summed E-state index contributed by atoms with van der Waals surface area (Å²) in [6.07, 6.45) is 6.21. The molecule has 1 aliphatic rings. The molecule has 2 atom stereocenters. The highest BCUT2D eigenvalue weighted by atomic mass is 35.5. The Hall–Kier alpha value is -0.490. The summed E-state index contributed by atoms with van der Waals surface area (Å²) in [5.41, 5.74) is 2.89. The Morgan fingerprint density at radius 2 is 2.07 bits per heavy atom. The van der Waals surface area contributed by atoms with Gasteiger partial charge in [-0.25, -0.2) is 0 Å². The zero-order valence-corrected chi connectivity index (χ0v) is 10.1. The third-order valence-electron chi connectivity index (χ3n) is 3.47. The summed E-state index contributed by atoms with van der Waals surface area (Å²) in [6.45, 7) is 2.21. The molecule has 0 saturated heterocycles. The van der Waals surface area contributed by atoms with Crippen molar-refractivity contribution in [3.05, 3.63) is 35.4 Å². The second-order valence-electron chi connectivity index (χ2n) is 4.51. The van der Waals surface area contributed by atoms with Crippen molar-refractivity contribution in [1.29, 1.82) is 0 Å². The first-order valence-corrected chi connectivity index (χ1v) is 6.48. The lowest BCUT2D eigenvalue weighted by atomic mass is 9.83. The number of hydrogen-bond acceptors (Lipinski definition) is 0. The van der Waals surface area contributed by atoms with E-state index in [1.54, 1.807) is 0 Å². The summed E-state index contributed by atoms with van der Waals surface area (Å²) in [5.74, 6) is 0.590. The molecule has 1 aromatic rings. The molecule has 0 aliphatic heterocycles. The van der Waals surface area contributed by atoms with Gasteiger partial charge in [-0.15, -0.1) is 11.6 Å². The van der Waals surface area contributed by atoms with Crippen LogP contribution in [0.1, 0.15) is 49.7 Å². The Morgan fingerprint density at radius 3 is 2.80 bits per heavy atom. The Morgan fingerprint density at radius 1 is 1.27 bits per heavy atom. The van der Waals surface area contributed by atoms with Crippen molar-refractivity contribution in [2.24, 2.45) is 0 Å². The van der Waals surface area contributed by atoms with Crippen molar-refractivity contribution in [2.75, 3.05) is 0 Å². The van der Waals surface area contributed by atoms with Crippen LogP contribution in [0.5, 0.6) is 0 Å². The number of hydrogen-bond donors (Lipinski definition) is 0. The van der Waals surface area contributed by atoms with Gasteiger partial charge in [0.15, 0.2) is 0 Å². The average Bonchev–Trinajstić information content (AvgIpc) is 2.30. The van der Waals surface area contributed by atoms with Gasteiger partial charge in [0.1, 0.15) is 0 Å². The van der Waals surface area contributed by atoms with E-state index in [9.17, 15) is 0 Å². The molecule has 1 aliphatic carbocycles. The largest absolute Gasteiger partial charge is 0.122 e. The van der Waals surface area contributed by atoms with Gasteiger partial charge >= 0.3 is 0 Å². The summed E-state index contributed by atoms with van der Waals surface area (Å²) in [4.78, 5) is 0. The first kappa shape index (κ1) is 11.0. The number of halogens is 1. The second-order valence-corrected chi connectivity index (χ2v) is 5.07. The van der Waals surface area contributed by atoms with E-state index in [-0.39, 0.29) is 0 Å². The van der Waals surface area contributed by atoms with Gasteiger partial charge in [0.05, 0.1) is 0 Å². The van der Waals surface area contributed by atoms with Crippen LogP contribution in [0.15, 0.2) is 24.3 Å². The molecule has 1 aromatic carbocycles. The minimum absolute atomic E-state index is 0.353. The molecule has 0 heterocycles. The SMILES string of the molecule is CCc1cccc(C2CCCCC2Cl)c1. The van der Waals surface area contributed by atoms with Gasteiger partial charge in [-0.05, 0) is 30.4 Å². The lowest BCUT2D eigenvalue weighted by Gasteiger charge is -2.27. The van der Waals surface area contributed by atoms with E-state index >= 15 is 0 Å². The van der Waals surface area contributed by atoms with Crippen LogP contribution in [0.2, 0.25) is 0 Å². The molecule has 0 spiro atoms. The zero-order valence-electron chi connectivity index (χ0n) is 9.38. The predicted molar refractivity (Wildman–Crippen MR) is 66.7 cm³/mol. The summed E-state index contributed by atoms with van der Waals surface area (Å²) in [5, 5.41) is 0.353. The fraction of sp³-hybridized carbons (Fsp3) is 0.571. The molecule has 1 saturated carbocycles. The third-order valence-corrected chi connectivity index (χ3v) is 3.99. The standard InChI is InChI=1S/C14H19Cl/c1-2-11-6-5-7-12(10-11)13-8-3-4-9-14(13)15/h5-7,10,13-14H,2-4,8-9H2,1H3. The maximum Gasteiger partial charge on any atom is 0.0404 e. The number of benzene rings is 1. The Labute approximate surface area is 97.6 Å². The molecule has 82 valence electrons. The molecule has 0 radical (unpaired) electrons. The predicted octanol–water partition coefficient (Wildman–Crippen LogP) is 4.51. The topological polar surface area (TPSA) is 0 Å². The average molecular weight is 223 g/mol. The molecule has 0 aromatic heterocycles. The van der Waals surface area contributed by atoms with Crippen LogP contribution in [0.4, 0.5) is 0 Å². The van der Waals surface area contributed by atoms with Crippen molar-refractivity contribution >= 4 is 11.6 Å². The lowest BCUT2D eigenvalue weighted by Crippen LogP contribution is -2.17. The summed E-state index contributed by atoms with van der Waals surface area (Å²) in [6, 6.07) is 8.96. The van der Waals surface area contributed by atoms with Crippen LogP contribution in [0, 0.1) is 0 Å². The number of rotatable bonds is 2. The van der Waals surface area contributed by atoms with E-state index in [1.165, 1.54) is 36.8 Å². The number of aryl methyl sites for hydroxylation is 1. The molecule has 2 rings (SSSR count). The molecule has 15 heavy (non-hydrogen) atoms. The molecule has 0 amide bonds. The van der Waals surface area contributed by atoms with Crippen LogP contribution in [-0.4, -0.2) is 5.38 Å². The Kier molecular flexibility index (Phi) is 3.69. The van der Waals surface area contributed by atoms with Gasteiger partial charge in [0.2, 0.25) is 0 Å². The summed E-state index contributed by atoms with van der Waals surface area (Å²) < 4.78 is 0. The fourth-order valence-electron chi connectivity index (χ4n) is 2.50. The molecule has 0 N–H and O–H groups in total. The first-order valence-electron chi connectivity index (χ1n) is 6.04.